The quantitative estimate of drug-likeness (QED) is 0.456. The smallest absolute Gasteiger partial charge is 0.391 e. The number of nitrogens with zero attached hydrogens (tertiary/aromatic N) is 1. The third-order valence-electron chi connectivity index (χ3n) is 1.01. The molecule has 0 saturated carbocycles. The zero-order valence-corrected chi connectivity index (χ0v) is 9.11. The summed E-state index contributed by atoms with van der Waals surface area (Å²) in [6, 6.07) is 0. The van der Waals surface area contributed by atoms with E-state index in [1.54, 1.807) is 6.08 Å². The third kappa shape index (κ3) is 30.0. The van der Waals surface area contributed by atoms with Gasteiger partial charge in [0.25, 0.3) is 0 Å². The molecule has 0 aromatic rings. The molecule has 0 aliphatic rings. The summed E-state index contributed by atoms with van der Waals surface area (Å²) in [6.45, 7) is 4.24. The fourth-order valence-corrected chi connectivity index (χ4v) is 0.688. The maximum atomic E-state index is 9.11. The highest BCUT2D eigenvalue weighted by molar-refractivity contribution is 7.79. The minimum atomic E-state index is -4.67. The fraction of sp³-hybridized carbons (Fsp3) is 0.714. The molecule has 0 aliphatic carbocycles. The molecule has 0 fully saturated rings. The van der Waals surface area contributed by atoms with E-state index in [9.17, 15) is 0 Å². The van der Waals surface area contributed by atoms with Gasteiger partial charge in [-0.3, -0.25) is 9.11 Å². The van der Waals surface area contributed by atoms with Crippen LogP contribution in [0.1, 0.15) is 6.42 Å². The van der Waals surface area contributed by atoms with Gasteiger partial charge in [-0.15, -0.1) is 6.58 Å². The van der Waals surface area contributed by atoms with Crippen molar-refractivity contribution in [2.45, 2.75) is 12.5 Å². The fourth-order valence-electron chi connectivity index (χ4n) is 0.688. The van der Waals surface area contributed by atoms with Crippen molar-refractivity contribution >= 4 is 10.4 Å². The van der Waals surface area contributed by atoms with E-state index in [0.29, 0.717) is 13.0 Å². The SMILES string of the molecule is C=CCC(O)CN(C)C.O=S(=O)(O)O. The van der Waals surface area contributed by atoms with Crippen molar-refractivity contribution in [3.63, 3.8) is 0 Å². The van der Waals surface area contributed by atoms with Crippen LogP contribution in [0.4, 0.5) is 0 Å². The molecular weight excluding hydrogens is 210 g/mol. The van der Waals surface area contributed by atoms with Crippen molar-refractivity contribution in [1.82, 2.24) is 4.90 Å². The van der Waals surface area contributed by atoms with Gasteiger partial charge in [0, 0.05) is 6.54 Å². The number of hydrogen-bond donors (Lipinski definition) is 3. The molecule has 0 spiro atoms. The Labute approximate surface area is 84.4 Å². The van der Waals surface area contributed by atoms with E-state index in [1.165, 1.54) is 0 Å². The average molecular weight is 227 g/mol. The Morgan fingerprint density at radius 1 is 1.43 bits per heavy atom. The lowest BCUT2D eigenvalue weighted by atomic mass is 10.2. The van der Waals surface area contributed by atoms with Gasteiger partial charge in [-0.25, -0.2) is 0 Å². The Balaban J connectivity index is 0. The van der Waals surface area contributed by atoms with Crippen LogP contribution in [0.3, 0.4) is 0 Å². The summed E-state index contributed by atoms with van der Waals surface area (Å²) in [6.07, 6.45) is 2.16. The topological polar surface area (TPSA) is 98.1 Å². The Morgan fingerprint density at radius 2 is 1.79 bits per heavy atom. The molecule has 6 nitrogen and oxygen atoms in total. The van der Waals surface area contributed by atoms with Crippen molar-refractivity contribution in [1.29, 1.82) is 0 Å². The Kier molecular flexibility index (Phi) is 9.01. The summed E-state index contributed by atoms with van der Waals surface area (Å²) in [7, 11) is -0.793. The molecule has 0 heterocycles. The molecular formula is C7H17NO5S. The summed E-state index contributed by atoms with van der Waals surface area (Å²) in [4.78, 5) is 1.95. The number of aliphatic hydroxyl groups is 1. The number of hydrogen-bond acceptors (Lipinski definition) is 4. The Bertz CT molecular complexity index is 228. The zero-order chi connectivity index (χ0) is 11.8. The molecule has 0 aromatic carbocycles. The lowest BCUT2D eigenvalue weighted by Gasteiger charge is -2.13. The van der Waals surface area contributed by atoms with Gasteiger partial charge < -0.3 is 10.0 Å². The maximum Gasteiger partial charge on any atom is 0.394 e. The maximum absolute atomic E-state index is 9.11. The van der Waals surface area contributed by atoms with E-state index >= 15 is 0 Å². The van der Waals surface area contributed by atoms with Crippen LogP contribution < -0.4 is 0 Å². The number of likely N-dealkylation sites (N-methyl/N-ethyl adjacent to an activating group) is 1. The van der Waals surface area contributed by atoms with Crippen molar-refractivity contribution in [2.75, 3.05) is 20.6 Å². The van der Waals surface area contributed by atoms with Gasteiger partial charge in [0.15, 0.2) is 0 Å². The van der Waals surface area contributed by atoms with Gasteiger partial charge in [0.1, 0.15) is 0 Å². The van der Waals surface area contributed by atoms with E-state index in [2.05, 4.69) is 6.58 Å². The molecule has 0 saturated heterocycles. The zero-order valence-electron chi connectivity index (χ0n) is 8.29. The molecule has 1 atom stereocenters. The normalized spacial score (nSPS) is 13.0. The summed E-state index contributed by atoms with van der Waals surface area (Å²) >= 11 is 0. The molecule has 0 aromatic heterocycles. The minimum Gasteiger partial charge on any atom is -0.391 e. The monoisotopic (exact) mass is 227 g/mol. The molecule has 1 unspecified atom stereocenters. The molecule has 3 N–H and O–H groups in total. The highest BCUT2D eigenvalue weighted by atomic mass is 32.3. The predicted octanol–water partition coefficient (Wildman–Crippen LogP) is -0.168. The van der Waals surface area contributed by atoms with Crippen molar-refractivity contribution < 1.29 is 22.6 Å². The minimum absolute atomic E-state index is 0.252. The third-order valence-corrected chi connectivity index (χ3v) is 1.01. The average Bonchev–Trinajstić information content (AvgIpc) is 1.80. The largest absolute Gasteiger partial charge is 0.394 e. The van der Waals surface area contributed by atoms with Crippen molar-refractivity contribution in [3.05, 3.63) is 12.7 Å². The van der Waals surface area contributed by atoms with Crippen molar-refractivity contribution in [3.8, 4) is 0 Å². The molecule has 0 aliphatic heterocycles. The van der Waals surface area contributed by atoms with Gasteiger partial charge in [-0.2, -0.15) is 8.42 Å². The van der Waals surface area contributed by atoms with Gasteiger partial charge in [0.2, 0.25) is 0 Å². The molecule has 0 radical (unpaired) electrons. The van der Waals surface area contributed by atoms with Gasteiger partial charge in [-0.1, -0.05) is 6.08 Å². The highest BCUT2D eigenvalue weighted by Crippen LogP contribution is 1.92. The molecule has 0 bridgehead atoms. The van der Waals surface area contributed by atoms with Crippen LogP contribution in [0.5, 0.6) is 0 Å². The first kappa shape index (κ1) is 16.0. The van der Waals surface area contributed by atoms with Gasteiger partial charge in [-0.05, 0) is 20.5 Å². The first-order valence-corrected chi connectivity index (χ1v) is 5.20. The van der Waals surface area contributed by atoms with Crippen LogP contribution in [0.15, 0.2) is 12.7 Å². The van der Waals surface area contributed by atoms with E-state index in [-0.39, 0.29) is 6.10 Å². The van der Waals surface area contributed by atoms with E-state index in [4.69, 9.17) is 22.6 Å². The Morgan fingerprint density at radius 3 is 2.00 bits per heavy atom. The second kappa shape index (κ2) is 7.89. The second-order valence-electron chi connectivity index (χ2n) is 2.89. The highest BCUT2D eigenvalue weighted by Gasteiger charge is 2.00. The van der Waals surface area contributed by atoms with Gasteiger partial charge >= 0.3 is 10.4 Å². The van der Waals surface area contributed by atoms with Crippen LogP contribution in [0.25, 0.3) is 0 Å². The lowest BCUT2D eigenvalue weighted by Crippen LogP contribution is -2.24. The molecule has 14 heavy (non-hydrogen) atoms. The second-order valence-corrected chi connectivity index (χ2v) is 3.78. The lowest BCUT2D eigenvalue weighted by molar-refractivity contribution is 0.139. The molecule has 86 valence electrons. The molecule has 0 rings (SSSR count). The van der Waals surface area contributed by atoms with Crippen molar-refractivity contribution in [2.24, 2.45) is 0 Å². The van der Waals surface area contributed by atoms with Crippen LogP contribution in [-0.2, 0) is 10.4 Å². The van der Waals surface area contributed by atoms with E-state index < -0.39 is 10.4 Å². The first-order chi connectivity index (χ1) is 6.16. The molecule has 7 heteroatoms. The van der Waals surface area contributed by atoms with E-state index in [0.717, 1.165) is 0 Å². The van der Waals surface area contributed by atoms with Crippen LogP contribution in [-0.4, -0.2) is 54.3 Å². The van der Waals surface area contributed by atoms with Gasteiger partial charge in [0.05, 0.1) is 6.10 Å². The summed E-state index contributed by atoms with van der Waals surface area (Å²) in [5, 5.41) is 9.11. The first-order valence-electron chi connectivity index (χ1n) is 3.80. The standard InChI is InChI=1S/C7H15NO.H2O4S/c1-4-5-7(9)6-8(2)3;1-5(2,3)4/h4,7,9H,1,5-6H2,2-3H3;(H2,1,2,3,4). The summed E-state index contributed by atoms with van der Waals surface area (Å²) in [5.74, 6) is 0. The van der Waals surface area contributed by atoms with E-state index in [1.807, 2.05) is 19.0 Å². The predicted molar refractivity (Wildman–Crippen MR) is 53.6 cm³/mol. The van der Waals surface area contributed by atoms with Crippen LogP contribution in [0, 0.1) is 0 Å². The Hall–Kier alpha value is -0.470. The number of aliphatic hydroxyl groups excluding tert-OH is 1. The van der Waals surface area contributed by atoms with Crippen LogP contribution in [0.2, 0.25) is 0 Å². The number of rotatable bonds is 4. The molecule has 0 amide bonds. The summed E-state index contributed by atoms with van der Waals surface area (Å²) in [5.41, 5.74) is 0. The summed E-state index contributed by atoms with van der Waals surface area (Å²) < 4.78 is 31.6. The van der Waals surface area contributed by atoms with Crippen LogP contribution >= 0.6 is 0 Å².